The highest BCUT2D eigenvalue weighted by atomic mass is 19.4. The minimum absolute atomic E-state index is 0.00915. The predicted molar refractivity (Wildman–Crippen MR) is 88.2 cm³/mol. The number of hydrogen-bond donors (Lipinski definition) is 1. The normalized spacial score (nSPS) is 10.8. The van der Waals surface area contributed by atoms with Crippen LogP contribution in [0.1, 0.15) is 15.9 Å². The monoisotopic (exact) mass is 383 g/mol. The summed E-state index contributed by atoms with van der Waals surface area (Å²) in [5, 5.41) is 2.58. The van der Waals surface area contributed by atoms with Crippen LogP contribution in [0.4, 0.5) is 13.2 Å². The fraction of sp³-hybridized carbons (Fsp3) is 0.222. The van der Waals surface area contributed by atoms with Crippen molar-refractivity contribution in [1.29, 1.82) is 0 Å². The lowest BCUT2D eigenvalue weighted by Crippen LogP contribution is -2.28. The molecule has 9 heteroatoms. The van der Waals surface area contributed by atoms with Crippen LogP contribution in [-0.4, -0.2) is 32.0 Å². The molecular weight excluding hydrogens is 367 g/mol. The molecule has 2 aromatic rings. The first kappa shape index (κ1) is 20.1. The SMILES string of the molecule is COc1cccc(CNC(=O)COC(=O)c2ccc(OC(F)(F)F)cc2)c1. The molecule has 144 valence electrons. The van der Waals surface area contributed by atoms with Gasteiger partial charge < -0.3 is 19.5 Å². The number of benzene rings is 2. The van der Waals surface area contributed by atoms with Gasteiger partial charge in [0, 0.05) is 6.54 Å². The zero-order valence-electron chi connectivity index (χ0n) is 14.2. The van der Waals surface area contributed by atoms with Gasteiger partial charge in [0.1, 0.15) is 11.5 Å². The summed E-state index contributed by atoms with van der Waals surface area (Å²) in [6.07, 6.45) is -4.82. The van der Waals surface area contributed by atoms with Crippen molar-refractivity contribution < 1.29 is 37.0 Å². The van der Waals surface area contributed by atoms with Crippen molar-refractivity contribution in [2.75, 3.05) is 13.7 Å². The number of carbonyl (C=O) groups is 2. The van der Waals surface area contributed by atoms with Crippen LogP contribution in [0.3, 0.4) is 0 Å². The van der Waals surface area contributed by atoms with Crippen molar-refractivity contribution in [2.45, 2.75) is 12.9 Å². The number of esters is 1. The number of hydrogen-bond acceptors (Lipinski definition) is 5. The van der Waals surface area contributed by atoms with Gasteiger partial charge in [-0.15, -0.1) is 13.2 Å². The first-order chi connectivity index (χ1) is 12.8. The number of alkyl halides is 3. The van der Waals surface area contributed by atoms with Gasteiger partial charge in [-0.3, -0.25) is 4.79 Å². The molecule has 0 aromatic heterocycles. The molecule has 2 rings (SSSR count). The van der Waals surface area contributed by atoms with Crippen LogP contribution in [0, 0.1) is 0 Å². The molecule has 0 aliphatic heterocycles. The Labute approximate surface area is 152 Å². The van der Waals surface area contributed by atoms with Crippen LogP contribution >= 0.6 is 0 Å². The largest absolute Gasteiger partial charge is 0.573 e. The van der Waals surface area contributed by atoms with Crippen LogP contribution in [-0.2, 0) is 16.1 Å². The highest BCUT2D eigenvalue weighted by Crippen LogP contribution is 2.22. The second-order valence-electron chi connectivity index (χ2n) is 5.28. The molecule has 1 amide bonds. The second-order valence-corrected chi connectivity index (χ2v) is 5.28. The molecular formula is C18H16F3NO5. The summed E-state index contributed by atoms with van der Waals surface area (Å²) in [5.74, 6) is -1.19. The number of ether oxygens (including phenoxy) is 3. The molecule has 0 saturated heterocycles. The standard InChI is InChI=1S/C18H16F3NO5/c1-25-15-4-2-3-12(9-15)10-22-16(23)11-26-17(24)13-5-7-14(8-6-13)27-18(19,20)21/h2-9H,10-11H2,1H3,(H,22,23). The third kappa shape index (κ3) is 6.89. The van der Waals surface area contributed by atoms with E-state index in [1.165, 1.54) is 7.11 Å². The Morgan fingerprint density at radius 2 is 1.74 bits per heavy atom. The fourth-order valence-corrected chi connectivity index (χ4v) is 2.04. The molecule has 27 heavy (non-hydrogen) atoms. The third-order valence-electron chi connectivity index (χ3n) is 3.28. The fourth-order valence-electron chi connectivity index (χ4n) is 2.04. The summed E-state index contributed by atoms with van der Waals surface area (Å²) in [6, 6.07) is 11.2. The lowest BCUT2D eigenvalue weighted by Gasteiger charge is -2.09. The van der Waals surface area contributed by atoms with Crippen LogP contribution in [0.2, 0.25) is 0 Å². The van der Waals surface area contributed by atoms with Crippen LogP contribution in [0.5, 0.6) is 11.5 Å². The molecule has 0 unspecified atom stereocenters. The Morgan fingerprint density at radius 1 is 1.04 bits per heavy atom. The molecule has 2 aromatic carbocycles. The van der Waals surface area contributed by atoms with E-state index in [0.717, 1.165) is 29.8 Å². The Hall–Kier alpha value is -3.23. The maximum Gasteiger partial charge on any atom is 0.573 e. The Kier molecular flexibility index (Phi) is 6.64. The van der Waals surface area contributed by atoms with E-state index >= 15 is 0 Å². The van der Waals surface area contributed by atoms with Gasteiger partial charge in [0.2, 0.25) is 0 Å². The van der Waals surface area contributed by atoms with Crippen molar-refractivity contribution in [3.63, 3.8) is 0 Å². The topological polar surface area (TPSA) is 73.9 Å². The summed E-state index contributed by atoms with van der Waals surface area (Å²) in [4.78, 5) is 23.6. The number of rotatable bonds is 7. The van der Waals surface area contributed by atoms with Crippen molar-refractivity contribution in [1.82, 2.24) is 5.32 Å². The van der Waals surface area contributed by atoms with Gasteiger partial charge in [0.25, 0.3) is 5.91 Å². The number of carbonyl (C=O) groups excluding carboxylic acids is 2. The van der Waals surface area contributed by atoms with E-state index in [0.29, 0.717) is 5.75 Å². The molecule has 1 N–H and O–H groups in total. The average molecular weight is 383 g/mol. The molecule has 0 spiro atoms. The highest BCUT2D eigenvalue weighted by Gasteiger charge is 2.31. The van der Waals surface area contributed by atoms with Gasteiger partial charge in [-0.05, 0) is 42.0 Å². The molecule has 0 aliphatic rings. The van der Waals surface area contributed by atoms with Gasteiger partial charge >= 0.3 is 12.3 Å². The smallest absolute Gasteiger partial charge is 0.497 e. The maximum absolute atomic E-state index is 12.1. The molecule has 0 atom stereocenters. The summed E-state index contributed by atoms with van der Waals surface area (Å²) < 4.78 is 49.8. The lowest BCUT2D eigenvalue weighted by molar-refractivity contribution is -0.274. The van der Waals surface area contributed by atoms with Gasteiger partial charge in [0.05, 0.1) is 12.7 Å². The summed E-state index contributed by atoms with van der Waals surface area (Å²) in [7, 11) is 1.53. The lowest BCUT2D eigenvalue weighted by atomic mass is 10.2. The van der Waals surface area contributed by atoms with Crippen molar-refractivity contribution >= 4 is 11.9 Å². The van der Waals surface area contributed by atoms with Crippen molar-refractivity contribution in [2.24, 2.45) is 0 Å². The van der Waals surface area contributed by atoms with E-state index in [4.69, 9.17) is 9.47 Å². The van der Waals surface area contributed by atoms with Crippen molar-refractivity contribution in [3.8, 4) is 11.5 Å². The molecule has 0 fully saturated rings. The van der Waals surface area contributed by atoms with E-state index in [1.807, 2.05) is 0 Å². The van der Waals surface area contributed by atoms with Crippen LogP contribution in [0.25, 0.3) is 0 Å². The molecule has 0 aliphatic carbocycles. The van der Waals surface area contributed by atoms with Gasteiger partial charge in [-0.2, -0.15) is 0 Å². The zero-order valence-corrected chi connectivity index (χ0v) is 14.2. The predicted octanol–water partition coefficient (Wildman–Crippen LogP) is 3.07. The maximum atomic E-state index is 12.1. The number of halogens is 3. The quantitative estimate of drug-likeness (QED) is 0.744. The van der Waals surface area contributed by atoms with E-state index in [1.54, 1.807) is 24.3 Å². The third-order valence-corrected chi connectivity index (χ3v) is 3.28. The second kappa shape index (κ2) is 8.93. The summed E-state index contributed by atoms with van der Waals surface area (Å²) >= 11 is 0. The van der Waals surface area contributed by atoms with Crippen LogP contribution in [0.15, 0.2) is 48.5 Å². The van der Waals surface area contributed by atoms with Crippen LogP contribution < -0.4 is 14.8 Å². The van der Waals surface area contributed by atoms with E-state index in [-0.39, 0.29) is 12.1 Å². The molecule has 6 nitrogen and oxygen atoms in total. The Balaban J connectivity index is 1.79. The van der Waals surface area contributed by atoms with E-state index in [2.05, 4.69) is 10.1 Å². The minimum atomic E-state index is -4.82. The number of methoxy groups -OCH3 is 1. The molecule has 0 bridgehead atoms. The number of nitrogens with one attached hydrogen (secondary N) is 1. The Morgan fingerprint density at radius 3 is 2.37 bits per heavy atom. The first-order valence-corrected chi connectivity index (χ1v) is 7.69. The molecule has 0 saturated carbocycles. The molecule has 0 heterocycles. The van der Waals surface area contributed by atoms with Gasteiger partial charge in [0.15, 0.2) is 6.61 Å². The highest BCUT2D eigenvalue weighted by molar-refractivity contribution is 5.91. The average Bonchev–Trinajstić information content (AvgIpc) is 2.64. The van der Waals surface area contributed by atoms with Crippen molar-refractivity contribution in [3.05, 3.63) is 59.7 Å². The van der Waals surface area contributed by atoms with E-state index < -0.39 is 30.6 Å². The number of amides is 1. The molecule has 0 radical (unpaired) electrons. The minimum Gasteiger partial charge on any atom is -0.497 e. The summed E-state index contributed by atoms with van der Waals surface area (Å²) in [5.41, 5.74) is 0.791. The Bertz CT molecular complexity index is 790. The van der Waals surface area contributed by atoms with Gasteiger partial charge in [-0.1, -0.05) is 12.1 Å². The first-order valence-electron chi connectivity index (χ1n) is 7.69. The summed E-state index contributed by atoms with van der Waals surface area (Å²) in [6.45, 7) is -0.305. The zero-order chi connectivity index (χ0) is 19.9. The van der Waals surface area contributed by atoms with Gasteiger partial charge in [-0.25, -0.2) is 4.79 Å². The van der Waals surface area contributed by atoms with E-state index in [9.17, 15) is 22.8 Å².